The summed E-state index contributed by atoms with van der Waals surface area (Å²) in [6, 6.07) is 2.56. The van der Waals surface area contributed by atoms with Gasteiger partial charge in [-0.2, -0.15) is 5.10 Å². The fourth-order valence-corrected chi connectivity index (χ4v) is 3.87. The van der Waals surface area contributed by atoms with E-state index in [-0.39, 0.29) is 11.0 Å². The molecule has 20 heavy (non-hydrogen) atoms. The highest BCUT2D eigenvalue weighted by atomic mass is 15.3. The number of hydrogen-bond acceptors (Lipinski definition) is 2. The Balaban J connectivity index is 2.18. The maximum atomic E-state index is 6.86. The summed E-state index contributed by atoms with van der Waals surface area (Å²) >= 11 is 0. The molecule has 0 radical (unpaired) electrons. The third kappa shape index (κ3) is 3.25. The monoisotopic (exact) mass is 277 g/mol. The molecule has 3 heteroatoms. The molecule has 2 unspecified atom stereocenters. The molecule has 2 N–H and O–H groups in total. The minimum absolute atomic E-state index is 0.0906. The first kappa shape index (κ1) is 15.6. The summed E-state index contributed by atoms with van der Waals surface area (Å²) in [6.45, 7) is 11.3. The van der Waals surface area contributed by atoms with Crippen molar-refractivity contribution in [1.82, 2.24) is 9.78 Å². The second-order valence-corrected chi connectivity index (χ2v) is 7.96. The van der Waals surface area contributed by atoms with Crippen LogP contribution in [0.2, 0.25) is 0 Å². The molecule has 2 rings (SSSR count). The Bertz CT molecular complexity index is 441. The Hall–Kier alpha value is -0.830. The van der Waals surface area contributed by atoms with E-state index in [1.807, 2.05) is 4.68 Å². The van der Waals surface area contributed by atoms with Gasteiger partial charge in [0.05, 0.1) is 5.69 Å². The topological polar surface area (TPSA) is 43.8 Å². The van der Waals surface area contributed by atoms with E-state index in [1.54, 1.807) is 0 Å². The molecule has 1 heterocycles. The molecule has 1 aliphatic carbocycles. The van der Waals surface area contributed by atoms with E-state index in [0.717, 1.165) is 18.5 Å². The molecule has 2 atom stereocenters. The van der Waals surface area contributed by atoms with Crippen molar-refractivity contribution in [2.75, 3.05) is 0 Å². The van der Waals surface area contributed by atoms with Crippen molar-refractivity contribution in [2.24, 2.45) is 17.1 Å². The Labute approximate surface area is 123 Å². The fourth-order valence-electron chi connectivity index (χ4n) is 3.87. The van der Waals surface area contributed by atoms with Gasteiger partial charge in [-0.05, 0) is 44.1 Å². The van der Waals surface area contributed by atoms with Crippen LogP contribution in [0.25, 0.3) is 0 Å². The summed E-state index contributed by atoms with van der Waals surface area (Å²) in [5.74, 6) is 0.577. The molecule has 0 saturated heterocycles. The van der Waals surface area contributed by atoms with Crippen LogP contribution in [-0.2, 0) is 6.42 Å². The van der Waals surface area contributed by atoms with E-state index in [4.69, 9.17) is 10.8 Å². The number of nitrogens with two attached hydrogens (primary N) is 1. The van der Waals surface area contributed by atoms with Crippen LogP contribution in [0, 0.1) is 11.3 Å². The first-order valence-corrected chi connectivity index (χ1v) is 8.05. The summed E-state index contributed by atoms with van der Waals surface area (Å²) in [7, 11) is 0. The first-order valence-electron chi connectivity index (χ1n) is 8.05. The predicted octanol–water partition coefficient (Wildman–Crippen LogP) is 3.94. The second kappa shape index (κ2) is 5.51. The average Bonchev–Trinajstić information content (AvgIpc) is 2.75. The van der Waals surface area contributed by atoms with Crippen LogP contribution in [0.1, 0.15) is 72.0 Å². The zero-order chi connectivity index (χ0) is 15.0. The fraction of sp³-hybridized carbons (Fsp3) is 0.824. The van der Waals surface area contributed by atoms with Crippen molar-refractivity contribution in [3.05, 3.63) is 18.0 Å². The largest absolute Gasteiger partial charge is 0.324 e. The predicted molar refractivity (Wildman–Crippen MR) is 84.6 cm³/mol. The summed E-state index contributed by atoms with van der Waals surface area (Å²) in [6.07, 6.45) is 7.95. The van der Waals surface area contributed by atoms with Crippen LogP contribution in [0.4, 0.5) is 0 Å². The molecule has 0 amide bonds. The first-order chi connectivity index (χ1) is 9.22. The van der Waals surface area contributed by atoms with E-state index in [9.17, 15) is 0 Å². The molecule has 0 aliphatic heterocycles. The second-order valence-electron chi connectivity index (χ2n) is 7.96. The lowest BCUT2D eigenvalue weighted by atomic mass is 9.61. The third-order valence-electron chi connectivity index (χ3n) is 4.83. The van der Waals surface area contributed by atoms with Gasteiger partial charge in [0.2, 0.25) is 0 Å². The normalized spacial score (nSPS) is 28.1. The lowest BCUT2D eigenvalue weighted by Gasteiger charge is -2.48. The van der Waals surface area contributed by atoms with Gasteiger partial charge in [0, 0.05) is 24.2 Å². The molecule has 0 spiro atoms. The molecule has 1 aliphatic rings. The zero-order valence-corrected chi connectivity index (χ0v) is 13.8. The van der Waals surface area contributed by atoms with Gasteiger partial charge in [-0.3, -0.25) is 4.68 Å². The molecule has 0 bridgehead atoms. The molecule has 1 aromatic heterocycles. The van der Waals surface area contributed by atoms with Crippen molar-refractivity contribution in [1.29, 1.82) is 0 Å². The van der Waals surface area contributed by atoms with Crippen LogP contribution < -0.4 is 5.73 Å². The van der Waals surface area contributed by atoms with Gasteiger partial charge in [-0.25, -0.2) is 0 Å². The van der Waals surface area contributed by atoms with Crippen molar-refractivity contribution in [3.8, 4) is 0 Å². The molecule has 1 fully saturated rings. The van der Waals surface area contributed by atoms with Crippen LogP contribution in [0.5, 0.6) is 0 Å². The molecule has 3 nitrogen and oxygen atoms in total. The van der Waals surface area contributed by atoms with Crippen molar-refractivity contribution in [3.63, 3.8) is 0 Å². The number of nitrogens with zero attached hydrogens (tertiary/aromatic N) is 2. The minimum atomic E-state index is -0.0906. The summed E-state index contributed by atoms with van der Waals surface area (Å²) in [4.78, 5) is 0. The van der Waals surface area contributed by atoms with Crippen LogP contribution in [0.15, 0.2) is 12.3 Å². The number of aromatic nitrogens is 2. The Kier molecular flexibility index (Phi) is 4.29. The van der Waals surface area contributed by atoms with Crippen LogP contribution in [-0.4, -0.2) is 15.3 Å². The van der Waals surface area contributed by atoms with Crippen molar-refractivity contribution in [2.45, 2.75) is 78.3 Å². The SMILES string of the molecule is CC(C)n1ccc(CC2(N)CCCCC2C(C)(C)C)n1. The average molecular weight is 277 g/mol. The summed E-state index contributed by atoms with van der Waals surface area (Å²) in [5, 5.41) is 4.70. The standard InChI is InChI=1S/C17H31N3/c1-13(2)20-11-9-14(19-20)12-17(18)10-7-6-8-15(17)16(3,4)5/h9,11,13,15H,6-8,10,12,18H2,1-5H3. The van der Waals surface area contributed by atoms with Crippen LogP contribution >= 0.6 is 0 Å². The molecular formula is C17H31N3. The van der Waals surface area contributed by atoms with Gasteiger partial charge >= 0.3 is 0 Å². The zero-order valence-electron chi connectivity index (χ0n) is 13.8. The highest BCUT2D eigenvalue weighted by molar-refractivity contribution is 5.10. The van der Waals surface area contributed by atoms with Crippen molar-refractivity contribution >= 4 is 0 Å². The number of hydrogen-bond donors (Lipinski definition) is 1. The van der Waals surface area contributed by atoms with E-state index < -0.39 is 0 Å². The molecule has 1 saturated carbocycles. The third-order valence-corrected chi connectivity index (χ3v) is 4.83. The Morgan fingerprint density at radius 1 is 1.40 bits per heavy atom. The van der Waals surface area contributed by atoms with Gasteiger partial charge in [0.15, 0.2) is 0 Å². The maximum Gasteiger partial charge on any atom is 0.0643 e. The van der Waals surface area contributed by atoms with E-state index in [2.05, 4.69) is 46.9 Å². The molecular weight excluding hydrogens is 246 g/mol. The van der Waals surface area contributed by atoms with Gasteiger partial charge in [0.1, 0.15) is 0 Å². The van der Waals surface area contributed by atoms with Crippen molar-refractivity contribution < 1.29 is 0 Å². The lowest BCUT2D eigenvalue weighted by molar-refractivity contribution is 0.0785. The van der Waals surface area contributed by atoms with Crippen LogP contribution in [0.3, 0.4) is 0 Å². The van der Waals surface area contributed by atoms with Gasteiger partial charge in [0.25, 0.3) is 0 Å². The van der Waals surface area contributed by atoms with Gasteiger partial charge in [-0.15, -0.1) is 0 Å². The minimum Gasteiger partial charge on any atom is -0.324 e. The highest BCUT2D eigenvalue weighted by Crippen LogP contribution is 2.44. The Morgan fingerprint density at radius 2 is 2.10 bits per heavy atom. The molecule has 1 aromatic rings. The maximum absolute atomic E-state index is 6.86. The lowest BCUT2D eigenvalue weighted by Crippen LogP contribution is -2.55. The Morgan fingerprint density at radius 3 is 2.65 bits per heavy atom. The van der Waals surface area contributed by atoms with E-state index in [0.29, 0.717) is 12.0 Å². The molecule has 114 valence electrons. The number of rotatable bonds is 3. The quantitative estimate of drug-likeness (QED) is 0.909. The summed E-state index contributed by atoms with van der Waals surface area (Å²) in [5.41, 5.74) is 8.19. The van der Waals surface area contributed by atoms with E-state index in [1.165, 1.54) is 19.3 Å². The van der Waals surface area contributed by atoms with E-state index >= 15 is 0 Å². The van der Waals surface area contributed by atoms with Gasteiger partial charge in [-0.1, -0.05) is 33.6 Å². The smallest absolute Gasteiger partial charge is 0.0643 e. The summed E-state index contributed by atoms with van der Waals surface area (Å²) < 4.78 is 2.04. The van der Waals surface area contributed by atoms with Gasteiger partial charge < -0.3 is 5.73 Å². The molecule has 0 aromatic carbocycles. The highest BCUT2D eigenvalue weighted by Gasteiger charge is 2.43.